The van der Waals surface area contributed by atoms with E-state index in [1.807, 2.05) is 38.1 Å². The van der Waals surface area contributed by atoms with Crippen molar-refractivity contribution in [2.45, 2.75) is 32.1 Å². The zero-order chi connectivity index (χ0) is 18.2. The molecule has 1 heterocycles. The number of hydrogen-bond acceptors (Lipinski definition) is 5. The first-order valence-corrected chi connectivity index (χ1v) is 9.09. The minimum Gasteiger partial charge on any atom is -0.496 e. The third-order valence-corrected chi connectivity index (χ3v) is 4.92. The third kappa shape index (κ3) is 5.24. The molecule has 0 bridgehead atoms. The molecule has 6 nitrogen and oxygen atoms in total. The van der Waals surface area contributed by atoms with Crippen molar-refractivity contribution >= 4 is 17.7 Å². The summed E-state index contributed by atoms with van der Waals surface area (Å²) in [5.41, 5.74) is 3.04. The number of methoxy groups -OCH3 is 2. The molecule has 0 saturated heterocycles. The lowest BCUT2D eigenvalue weighted by molar-refractivity contribution is -0.118. The number of imidazole rings is 1. The predicted molar refractivity (Wildman–Crippen MR) is 99.1 cm³/mol. The SMILES string of the molecule is COCCn1c(SCC(=O)NCc2ccccc2OC)nc(C)c1C. The highest BCUT2D eigenvalue weighted by atomic mass is 32.2. The van der Waals surface area contributed by atoms with Crippen LogP contribution in [0.4, 0.5) is 0 Å². The summed E-state index contributed by atoms with van der Waals surface area (Å²) < 4.78 is 12.5. The van der Waals surface area contributed by atoms with Crippen LogP contribution in [0.15, 0.2) is 29.4 Å². The molecule has 0 saturated carbocycles. The van der Waals surface area contributed by atoms with E-state index in [4.69, 9.17) is 9.47 Å². The Morgan fingerprint density at radius 3 is 2.76 bits per heavy atom. The Kier molecular flexibility index (Phi) is 7.33. The molecule has 0 radical (unpaired) electrons. The fraction of sp³-hybridized carbons (Fsp3) is 0.444. The second-order valence-corrected chi connectivity index (χ2v) is 6.53. The summed E-state index contributed by atoms with van der Waals surface area (Å²) in [6.45, 7) is 5.80. The Hall–Kier alpha value is -1.99. The number of carbonyl (C=O) groups excluding carboxylic acids is 1. The van der Waals surface area contributed by atoms with E-state index in [0.29, 0.717) is 18.9 Å². The number of amides is 1. The Labute approximate surface area is 152 Å². The van der Waals surface area contributed by atoms with Crippen LogP contribution in [0.3, 0.4) is 0 Å². The highest BCUT2D eigenvalue weighted by molar-refractivity contribution is 7.99. The van der Waals surface area contributed by atoms with E-state index in [1.54, 1.807) is 14.2 Å². The van der Waals surface area contributed by atoms with Gasteiger partial charge in [0.2, 0.25) is 5.91 Å². The second kappa shape index (κ2) is 9.48. The molecule has 0 unspecified atom stereocenters. The van der Waals surface area contributed by atoms with Crippen LogP contribution in [0.5, 0.6) is 5.75 Å². The topological polar surface area (TPSA) is 65.4 Å². The Morgan fingerprint density at radius 2 is 2.04 bits per heavy atom. The van der Waals surface area contributed by atoms with Crippen molar-refractivity contribution in [2.24, 2.45) is 0 Å². The first-order valence-electron chi connectivity index (χ1n) is 8.10. The Balaban J connectivity index is 1.91. The van der Waals surface area contributed by atoms with Gasteiger partial charge in [0, 0.05) is 31.5 Å². The van der Waals surface area contributed by atoms with Crippen molar-refractivity contribution < 1.29 is 14.3 Å². The first-order chi connectivity index (χ1) is 12.1. The molecule has 0 aliphatic carbocycles. The summed E-state index contributed by atoms with van der Waals surface area (Å²) in [7, 11) is 3.30. The monoisotopic (exact) mass is 363 g/mol. The van der Waals surface area contributed by atoms with Crippen molar-refractivity contribution in [2.75, 3.05) is 26.6 Å². The van der Waals surface area contributed by atoms with Crippen molar-refractivity contribution in [1.29, 1.82) is 0 Å². The molecule has 1 aromatic heterocycles. The number of para-hydroxylation sites is 1. The highest BCUT2D eigenvalue weighted by Gasteiger charge is 2.13. The van der Waals surface area contributed by atoms with Crippen molar-refractivity contribution in [3.8, 4) is 5.75 Å². The number of thioether (sulfide) groups is 1. The van der Waals surface area contributed by atoms with Gasteiger partial charge in [-0.25, -0.2) is 4.98 Å². The normalized spacial score (nSPS) is 10.7. The van der Waals surface area contributed by atoms with Crippen LogP contribution in [0, 0.1) is 13.8 Å². The lowest BCUT2D eigenvalue weighted by Crippen LogP contribution is -2.25. The zero-order valence-electron chi connectivity index (χ0n) is 15.2. The van der Waals surface area contributed by atoms with Crippen LogP contribution in [0.2, 0.25) is 0 Å². The highest BCUT2D eigenvalue weighted by Crippen LogP contribution is 2.21. The van der Waals surface area contributed by atoms with Gasteiger partial charge in [-0.2, -0.15) is 0 Å². The number of nitrogens with zero attached hydrogens (tertiary/aromatic N) is 2. The van der Waals surface area contributed by atoms with Crippen molar-refractivity contribution in [3.63, 3.8) is 0 Å². The van der Waals surface area contributed by atoms with E-state index < -0.39 is 0 Å². The Morgan fingerprint density at radius 1 is 1.28 bits per heavy atom. The predicted octanol–water partition coefficient (Wildman–Crippen LogP) is 2.56. The van der Waals surface area contributed by atoms with E-state index in [1.165, 1.54) is 11.8 Å². The van der Waals surface area contributed by atoms with Crippen LogP contribution in [0.1, 0.15) is 17.0 Å². The quantitative estimate of drug-likeness (QED) is 0.694. The standard InChI is InChI=1S/C18H25N3O3S/c1-13-14(2)21(9-10-23-3)18(20-13)25-12-17(22)19-11-15-7-5-6-8-16(15)24-4/h5-8H,9-12H2,1-4H3,(H,19,22). The largest absolute Gasteiger partial charge is 0.496 e. The van der Waals surface area contributed by atoms with Gasteiger partial charge in [0.1, 0.15) is 5.75 Å². The maximum absolute atomic E-state index is 12.2. The summed E-state index contributed by atoms with van der Waals surface area (Å²) in [6.07, 6.45) is 0. The molecule has 2 aromatic rings. The van der Waals surface area contributed by atoms with Gasteiger partial charge in [-0.1, -0.05) is 30.0 Å². The maximum Gasteiger partial charge on any atom is 0.230 e. The molecule has 1 amide bonds. The number of hydrogen-bond donors (Lipinski definition) is 1. The van der Waals surface area contributed by atoms with Gasteiger partial charge in [-0.3, -0.25) is 4.79 Å². The van der Waals surface area contributed by atoms with Crippen LogP contribution < -0.4 is 10.1 Å². The number of aromatic nitrogens is 2. The van der Waals surface area contributed by atoms with E-state index in [9.17, 15) is 4.79 Å². The van der Waals surface area contributed by atoms with Crippen LogP contribution >= 0.6 is 11.8 Å². The summed E-state index contributed by atoms with van der Waals surface area (Å²) in [6, 6.07) is 7.66. The molecule has 0 aliphatic rings. The summed E-state index contributed by atoms with van der Waals surface area (Å²) in [5, 5.41) is 3.77. The molecule has 136 valence electrons. The number of rotatable bonds is 9. The first kappa shape index (κ1) is 19.3. The van der Waals surface area contributed by atoms with Gasteiger partial charge in [0.15, 0.2) is 5.16 Å². The smallest absolute Gasteiger partial charge is 0.230 e. The van der Waals surface area contributed by atoms with Crippen LogP contribution in [-0.2, 0) is 22.6 Å². The molecule has 0 fully saturated rings. The lowest BCUT2D eigenvalue weighted by atomic mass is 10.2. The molecular formula is C18H25N3O3S. The molecule has 1 aromatic carbocycles. The number of carbonyl (C=O) groups is 1. The molecular weight excluding hydrogens is 338 g/mol. The summed E-state index contributed by atoms with van der Waals surface area (Å²) >= 11 is 1.44. The average Bonchev–Trinajstić information content (AvgIpc) is 2.90. The molecule has 0 aliphatic heterocycles. The second-order valence-electron chi connectivity index (χ2n) is 5.59. The number of benzene rings is 1. The van der Waals surface area contributed by atoms with E-state index >= 15 is 0 Å². The van der Waals surface area contributed by atoms with Gasteiger partial charge in [0.25, 0.3) is 0 Å². The van der Waals surface area contributed by atoms with Gasteiger partial charge in [-0.05, 0) is 19.9 Å². The van der Waals surface area contributed by atoms with Gasteiger partial charge < -0.3 is 19.4 Å². The minimum absolute atomic E-state index is 0.0347. The summed E-state index contributed by atoms with van der Waals surface area (Å²) in [4.78, 5) is 16.7. The zero-order valence-corrected chi connectivity index (χ0v) is 16.0. The maximum atomic E-state index is 12.2. The van der Waals surface area contributed by atoms with E-state index in [2.05, 4.69) is 14.9 Å². The number of ether oxygens (including phenoxy) is 2. The van der Waals surface area contributed by atoms with Crippen LogP contribution in [0.25, 0.3) is 0 Å². The van der Waals surface area contributed by atoms with E-state index in [-0.39, 0.29) is 5.91 Å². The minimum atomic E-state index is -0.0347. The molecule has 0 atom stereocenters. The Bertz CT molecular complexity index is 716. The van der Waals surface area contributed by atoms with Gasteiger partial charge in [-0.15, -0.1) is 0 Å². The molecule has 25 heavy (non-hydrogen) atoms. The number of nitrogens with one attached hydrogen (secondary N) is 1. The van der Waals surface area contributed by atoms with Gasteiger partial charge in [0.05, 0.1) is 25.2 Å². The van der Waals surface area contributed by atoms with Crippen LogP contribution in [-0.4, -0.2) is 42.0 Å². The fourth-order valence-corrected chi connectivity index (χ4v) is 3.35. The lowest BCUT2D eigenvalue weighted by Gasteiger charge is -2.10. The van der Waals surface area contributed by atoms with Crippen molar-refractivity contribution in [3.05, 3.63) is 41.2 Å². The third-order valence-electron chi connectivity index (χ3n) is 3.94. The number of aryl methyl sites for hydroxylation is 1. The van der Waals surface area contributed by atoms with Gasteiger partial charge >= 0.3 is 0 Å². The average molecular weight is 363 g/mol. The molecule has 1 N–H and O–H groups in total. The summed E-state index contributed by atoms with van der Waals surface area (Å²) in [5.74, 6) is 1.06. The molecule has 7 heteroatoms. The molecule has 2 rings (SSSR count). The fourth-order valence-electron chi connectivity index (χ4n) is 2.40. The molecule has 0 spiro atoms. The van der Waals surface area contributed by atoms with E-state index in [0.717, 1.165) is 34.4 Å². The van der Waals surface area contributed by atoms with Crippen molar-refractivity contribution in [1.82, 2.24) is 14.9 Å².